The van der Waals surface area contributed by atoms with Gasteiger partial charge in [-0.25, -0.2) is 9.78 Å². The molecule has 0 aliphatic heterocycles. The molecule has 11 nitrogen and oxygen atoms in total. The summed E-state index contributed by atoms with van der Waals surface area (Å²) < 4.78 is 0. The van der Waals surface area contributed by atoms with Crippen LogP contribution in [0.15, 0.2) is 67.3 Å². The number of rotatable bonds is 11. The summed E-state index contributed by atoms with van der Waals surface area (Å²) in [7, 11) is 0. The molecule has 0 fully saturated rings. The van der Waals surface area contributed by atoms with Gasteiger partial charge in [0.25, 0.3) is 0 Å². The number of nitrogens with zero attached hydrogens (tertiary/aromatic N) is 1. The number of carboxylic acids is 1. The number of phenols is 1. The molecule has 0 aliphatic carbocycles. The van der Waals surface area contributed by atoms with Gasteiger partial charge in [0.1, 0.15) is 17.8 Å². The molecule has 37 heavy (non-hydrogen) atoms. The number of nitrogens with one attached hydrogen (secondary N) is 4. The number of carbonyl (C=O) groups excluding carboxylic acids is 2. The summed E-state index contributed by atoms with van der Waals surface area (Å²) >= 11 is 0. The number of amides is 2. The second kappa shape index (κ2) is 11.4. The van der Waals surface area contributed by atoms with Gasteiger partial charge in [-0.2, -0.15) is 0 Å². The zero-order chi connectivity index (χ0) is 26.4. The molecule has 2 heterocycles. The summed E-state index contributed by atoms with van der Waals surface area (Å²) in [5.41, 5.74) is 9.05. The van der Waals surface area contributed by atoms with Gasteiger partial charge in [0.2, 0.25) is 11.8 Å². The molecule has 0 saturated heterocycles. The van der Waals surface area contributed by atoms with Crippen LogP contribution in [0.4, 0.5) is 0 Å². The number of benzene rings is 2. The molecule has 11 heteroatoms. The van der Waals surface area contributed by atoms with Crippen LogP contribution in [0, 0.1) is 0 Å². The van der Waals surface area contributed by atoms with E-state index in [1.165, 1.54) is 24.7 Å². The second-order valence-corrected chi connectivity index (χ2v) is 8.78. The Morgan fingerprint density at radius 2 is 1.65 bits per heavy atom. The van der Waals surface area contributed by atoms with E-state index < -0.39 is 35.9 Å². The molecule has 0 radical (unpaired) electrons. The molecule has 4 aromatic rings. The fourth-order valence-electron chi connectivity index (χ4n) is 4.08. The first-order valence-corrected chi connectivity index (χ1v) is 11.7. The highest BCUT2D eigenvalue weighted by molar-refractivity contribution is 5.93. The third kappa shape index (κ3) is 6.53. The molecule has 3 atom stereocenters. The molecule has 2 aromatic heterocycles. The summed E-state index contributed by atoms with van der Waals surface area (Å²) in [4.78, 5) is 48.0. The highest BCUT2D eigenvalue weighted by Gasteiger charge is 2.29. The van der Waals surface area contributed by atoms with Crippen molar-refractivity contribution in [2.24, 2.45) is 5.73 Å². The van der Waals surface area contributed by atoms with Crippen LogP contribution in [-0.2, 0) is 33.6 Å². The number of fused-ring (bicyclic) bond motifs is 1. The number of carboxylic acid groups (broad SMARTS) is 1. The van der Waals surface area contributed by atoms with Crippen molar-refractivity contribution in [3.8, 4) is 5.75 Å². The highest BCUT2D eigenvalue weighted by atomic mass is 16.4. The summed E-state index contributed by atoms with van der Waals surface area (Å²) in [6.45, 7) is 0. The Bertz CT molecular complexity index is 1370. The van der Waals surface area contributed by atoms with E-state index in [1.54, 1.807) is 18.3 Å². The molecule has 0 spiro atoms. The van der Waals surface area contributed by atoms with Crippen molar-refractivity contribution in [3.05, 3.63) is 84.1 Å². The first-order valence-electron chi connectivity index (χ1n) is 11.7. The van der Waals surface area contributed by atoms with Crippen LogP contribution in [-0.4, -0.2) is 61.1 Å². The molecule has 192 valence electrons. The molecule has 8 N–H and O–H groups in total. The van der Waals surface area contributed by atoms with Crippen molar-refractivity contribution in [2.75, 3.05) is 0 Å². The number of hydrogen-bond donors (Lipinski definition) is 7. The highest BCUT2D eigenvalue weighted by Crippen LogP contribution is 2.19. The summed E-state index contributed by atoms with van der Waals surface area (Å²) in [5.74, 6) is -2.33. The van der Waals surface area contributed by atoms with Crippen molar-refractivity contribution < 1.29 is 24.6 Å². The van der Waals surface area contributed by atoms with Gasteiger partial charge >= 0.3 is 5.97 Å². The van der Waals surface area contributed by atoms with Crippen LogP contribution < -0.4 is 16.4 Å². The number of para-hydroxylation sites is 1. The van der Waals surface area contributed by atoms with Crippen LogP contribution in [0.1, 0.15) is 16.8 Å². The van der Waals surface area contributed by atoms with Crippen LogP contribution in [0.3, 0.4) is 0 Å². The molecule has 2 aromatic carbocycles. The Balaban J connectivity index is 1.52. The van der Waals surface area contributed by atoms with E-state index in [9.17, 15) is 24.6 Å². The minimum absolute atomic E-state index is 0.00477. The molecular weight excluding hydrogens is 476 g/mol. The van der Waals surface area contributed by atoms with Crippen LogP contribution >= 0.6 is 0 Å². The van der Waals surface area contributed by atoms with Gasteiger partial charge in [0, 0.05) is 41.8 Å². The number of aromatic nitrogens is 3. The topological polar surface area (TPSA) is 186 Å². The predicted molar refractivity (Wildman–Crippen MR) is 136 cm³/mol. The maximum Gasteiger partial charge on any atom is 0.326 e. The van der Waals surface area contributed by atoms with Gasteiger partial charge in [-0.1, -0.05) is 30.3 Å². The van der Waals surface area contributed by atoms with E-state index in [-0.39, 0.29) is 25.0 Å². The standard InChI is InChI=1S/C26H28N6O5/c27-20(9-15-5-7-18(33)8-6-15)24(34)31-22(10-16-12-29-21-4-2-1-3-19(16)21)25(35)32-23(26(36)37)11-17-13-28-14-30-17/h1-8,12-14,20,22-23,29,33H,9-11,27H2,(H,28,30)(H,31,34)(H,32,35)(H,36,37). The molecular formula is C26H28N6O5. The summed E-state index contributed by atoms with van der Waals surface area (Å²) in [6.07, 6.45) is 4.96. The first kappa shape index (κ1) is 25.5. The Morgan fingerprint density at radius 1 is 0.919 bits per heavy atom. The monoisotopic (exact) mass is 504 g/mol. The van der Waals surface area contributed by atoms with E-state index >= 15 is 0 Å². The fourth-order valence-corrected chi connectivity index (χ4v) is 4.08. The predicted octanol–water partition coefficient (Wildman–Crippen LogP) is 1.01. The number of aromatic amines is 2. The zero-order valence-corrected chi connectivity index (χ0v) is 19.8. The Morgan fingerprint density at radius 3 is 2.35 bits per heavy atom. The SMILES string of the molecule is NC(Cc1ccc(O)cc1)C(=O)NC(Cc1c[nH]c2ccccc12)C(=O)NC(Cc1cnc[nH]1)C(=O)O. The number of nitrogens with two attached hydrogens (primary N) is 1. The molecule has 4 rings (SSSR count). The average Bonchev–Trinajstić information content (AvgIpc) is 3.54. The molecule has 2 amide bonds. The lowest BCUT2D eigenvalue weighted by Gasteiger charge is -2.23. The Hall–Kier alpha value is -4.64. The maximum absolute atomic E-state index is 13.3. The average molecular weight is 505 g/mol. The zero-order valence-electron chi connectivity index (χ0n) is 19.8. The summed E-state index contributed by atoms with van der Waals surface area (Å²) in [5, 5.41) is 25.3. The maximum atomic E-state index is 13.3. The Kier molecular flexibility index (Phi) is 7.84. The first-order chi connectivity index (χ1) is 17.8. The van der Waals surface area contributed by atoms with E-state index in [1.807, 2.05) is 24.3 Å². The van der Waals surface area contributed by atoms with Crippen LogP contribution in [0.25, 0.3) is 10.9 Å². The molecule has 0 bridgehead atoms. The van der Waals surface area contributed by atoms with Crippen molar-refractivity contribution >= 4 is 28.7 Å². The molecule has 3 unspecified atom stereocenters. The van der Waals surface area contributed by atoms with Crippen molar-refractivity contribution in [1.29, 1.82) is 0 Å². The van der Waals surface area contributed by atoms with Gasteiger partial charge < -0.3 is 36.5 Å². The van der Waals surface area contributed by atoms with Gasteiger partial charge in [0.05, 0.1) is 12.4 Å². The van der Waals surface area contributed by atoms with Crippen molar-refractivity contribution in [1.82, 2.24) is 25.6 Å². The minimum Gasteiger partial charge on any atom is -0.508 e. The number of imidazole rings is 1. The fraction of sp³-hybridized carbons (Fsp3) is 0.231. The van der Waals surface area contributed by atoms with Crippen LogP contribution in [0.2, 0.25) is 0 Å². The third-order valence-electron chi connectivity index (χ3n) is 6.05. The van der Waals surface area contributed by atoms with Crippen LogP contribution in [0.5, 0.6) is 5.75 Å². The third-order valence-corrected chi connectivity index (χ3v) is 6.05. The number of aliphatic carboxylic acids is 1. The quantitative estimate of drug-likeness (QED) is 0.159. The smallest absolute Gasteiger partial charge is 0.326 e. The van der Waals surface area contributed by atoms with Crippen molar-refractivity contribution in [3.63, 3.8) is 0 Å². The van der Waals surface area contributed by atoms with E-state index in [0.29, 0.717) is 5.69 Å². The lowest BCUT2D eigenvalue weighted by molar-refractivity contribution is -0.142. The number of aromatic hydroxyl groups is 1. The minimum atomic E-state index is -1.24. The van der Waals surface area contributed by atoms with Gasteiger partial charge in [0.15, 0.2) is 0 Å². The van der Waals surface area contributed by atoms with Crippen molar-refractivity contribution in [2.45, 2.75) is 37.4 Å². The molecule has 0 aliphatic rings. The lowest BCUT2D eigenvalue weighted by Crippen LogP contribution is -2.55. The number of phenolic OH excluding ortho intramolecular Hbond substituents is 1. The van der Waals surface area contributed by atoms with E-state index in [4.69, 9.17) is 5.73 Å². The largest absolute Gasteiger partial charge is 0.508 e. The number of hydrogen-bond acceptors (Lipinski definition) is 6. The number of carbonyl (C=O) groups is 3. The number of H-pyrrole nitrogens is 2. The lowest BCUT2D eigenvalue weighted by atomic mass is 10.0. The van der Waals surface area contributed by atoms with Gasteiger partial charge in [-0.15, -0.1) is 0 Å². The van der Waals surface area contributed by atoms with Gasteiger partial charge in [-0.05, 0) is 35.7 Å². The summed E-state index contributed by atoms with van der Waals surface area (Å²) in [6, 6.07) is 10.6. The Labute approximate surface area is 212 Å². The normalized spacial score (nSPS) is 13.5. The van der Waals surface area contributed by atoms with Gasteiger partial charge in [-0.3, -0.25) is 9.59 Å². The van der Waals surface area contributed by atoms with E-state index in [0.717, 1.165) is 22.0 Å². The molecule has 0 saturated carbocycles. The second-order valence-electron chi connectivity index (χ2n) is 8.78. The van der Waals surface area contributed by atoms with E-state index in [2.05, 4.69) is 25.6 Å².